The van der Waals surface area contributed by atoms with Crippen molar-refractivity contribution in [2.75, 3.05) is 26.3 Å². The van der Waals surface area contributed by atoms with Gasteiger partial charge in [-0.1, -0.05) is 19.1 Å². The molecule has 1 aromatic carbocycles. The molecule has 2 unspecified atom stereocenters. The van der Waals surface area contributed by atoms with Crippen molar-refractivity contribution in [2.45, 2.75) is 26.3 Å². The molecule has 0 aliphatic carbocycles. The smallest absolute Gasteiger partial charge is 0.258 e. The number of para-hydroxylation sites is 2. The lowest BCUT2D eigenvalue weighted by atomic mass is 9.95. The lowest BCUT2D eigenvalue weighted by Crippen LogP contribution is -2.49. The van der Waals surface area contributed by atoms with Crippen LogP contribution in [0.3, 0.4) is 0 Å². The maximum absolute atomic E-state index is 12.0. The normalized spacial score (nSPS) is 20.6. The first kappa shape index (κ1) is 18.6. The van der Waals surface area contributed by atoms with Crippen LogP contribution in [0, 0.1) is 5.92 Å². The summed E-state index contributed by atoms with van der Waals surface area (Å²) >= 11 is 0. The Kier molecular flexibility index (Phi) is 8.06. The van der Waals surface area contributed by atoms with Gasteiger partial charge < -0.3 is 20.1 Å². The van der Waals surface area contributed by atoms with Gasteiger partial charge in [0.15, 0.2) is 18.1 Å². The maximum atomic E-state index is 12.0. The monoisotopic (exact) mass is 328 g/mol. The number of rotatable bonds is 6. The van der Waals surface area contributed by atoms with Crippen molar-refractivity contribution >= 4 is 18.3 Å². The SMILES string of the molecule is CCOc1ccccc1OCC(=O)NC1CCNCC1C.Cl. The number of hydrogen-bond donors (Lipinski definition) is 2. The summed E-state index contributed by atoms with van der Waals surface area (Å²) in [6.45, 7) is 6.53. The third-order valence-corrected chi connectivity index (χ3v) is 3.64. The molecule has 5 nitrogen and oxygen atoms in total. The van der Waals surface area contributed by atoms with Crippen LogP contribution in [0.5, 0.6) is 11.5 Å². The highest BCUT2D eigenvalue weighted by Gasteiger charge is 2.22. The summed E-state index contributed by atoms with van der Waals surface area (Å²) in [5, 5.41) is 6.36. The summed E-state index contributed by atoms with van der Waals surface area (Å²) in [4.78, 5) is 12.0. The lowest BCUT2D eigenvalue weighted by molar-refractivity contribution is -0.124. The standard InChI is InChI=1S/C16H24N2O3.ClH/c1-3-20-14-6-4-5-7-15(14)21-11-16(19)18-13-8-9-17-10-12(13)2;/h4-7,12-13,17H,3,8-11H2,1-2H3,(H,18,19);1H. The van der Waals surface area contributed by atoms with Crippen LogP contribution >= 0.6 is 12.4 Å². The molecular weight excluding hydrogens is 304 g/mol. The Morgan fingerprint density at radius 3 is 2.64 bits per heavy atom. The Labute approximate surface area is 138 Å². The zero-order valence-corrected chi connectivity index (χ0v) is 13.9. The molecule has 1 aliphatic heterocycles. The Hall–Kier alpha value is -1.46. The predicted octanol–water partition coefficient (Wildman–Crippen LogP) is 2.00. The average molecular weight is 329 g/mol. The Bertz CT molecular complexity index is 470. The van der Waals surface area contributed by atoms with Gasteiger partial charge >= 0.3 is 0 Å². The van der Waals surface area contributed by atoms with Crippen molar-refractivity contribution in [3.63, 3.8) is 0 Å². The molecule has 124 valence electrons. The highest BCUT2D eigenvalue weighted by atomic mass is 35.5. The van der Waals surface area contributed by atoms with Crippen LogP contribution in [0.1, 0.15) is 20.3 Å². The Balaban J connectivity index is 0.00000242. The quantitative estimate of drug-likeness (QED) is 0.838. The van der Waals surface area contributed by atoms with Crippen molar-refractivity contribution in [1.82, 2.24) is 10.6 Å². The molecule has 1 saturated heterocycles. The van der Waals surface area contributed by atoms with E-state index in [9.17, 15) is 4.79 Å². The van der Waals surface area contributed by atoms with Gasteiger partial charge in [-0.25, -0.2) is 0 Å². The number of ether oxygens (including phenoxy) is 2. The number of piperidine rings is 1. The zero-order valence-electron chi connectivity index (χ0n) is 13.1. The minimum atomic E-state index is -0.0833. The van der Waals surface area contributed by atoms with Gasteiger partial charge in [-0.2, -0.15) is 0 Å². The molecule has 0 aromatic heterocycles. The molecule has 1 heterocycles. The summed E-state index contributed by atoms with van der Waals surface area (Å²) in [5.74, 6) is 1.63. The van der Waals surface area contributed by atoms with Gasteiger partial charge in [-0.15, -0.1) is 12.4 Å². The molecule has 0 bridgehead atoms. The summed E-state index contributed by atoms with van der Waals surface area (Å²) in [6, 6.07) is 7.63. The first-order valence-electron chi connectivity index (χ1n) is 7.55. The number of halogens is 1. The van der Waals surface area contributed by atoms with E-state index in [0.717, 1.165) is 19.5 Å². The number of carbonyl (C=O) groups excluding carboxylic acids is 1. The van der Waals surface area contributed by atoms with Crippen LogP contribution in [-0.4, -0.2) is 38.3 Å². The fraction of sp³-hybridized carbons (Fsp3) is 0.562. The molecule has 2 atom stereocenters. The summed E-state index contributed by atoms with van der Waals surface area (Å²) in [6.07, 6.45) is 0.961. The number of hydrogen-bond acceptors (Lipinski definition) is 4. The molecule has 0 spiro atoms. The Morgan fingerprint density at radius 1 is 1.32 bits per heavy atom. The summed E-state index contributed by atoms with van der Waals surface area (Å²) in [7, 11) is 0. The highest BCUT2D eigenvalue weighted by Crippen LogP contribution is 2.26. The summed E-state index contributed by atoms with van der Waals surface area (Å²) < 4.78 is 11.0. The second-order valence-corrected chi connectivity index (χ2v) is 5.31. The number of amides is 1. The van der Waals surface area contributed by atoms with Gasteiger partial charge in [0.05, 0.1) is 6.61 Å². The maximum Gasteiger partial charge on any atom is 0.258 e. The van der Waals surface area contributed by atoms with Crippen LogP contribution in [0.15, 0.2) is 24.3 Å². The van der Waals surface area contributed by atoms with Crippen molar-refractivity contribution in [3.8, 4) is 11.5 Å². The first-order valence-corrected chi connectivity index (χ1v) is 7.55. The minimum absolute atomic E-state index is 0. The van der Waals surface area contributed by atoms with Gasteiger partial charge in [0.1, 0.15) is 0 Å². The van der Waals surface area contributed by atoms with E-state index < -0.39 is 0 Å². The van der Waals surface area contributed by atoms with E-state index in [2.05, 4.69) is 17.6 Å². The van der Waals surface area contributed by atoms with Crippen LogP contribution in [-0.2, 0) is 4.79 Å². The molecule has 2 N–H and O–H groups in total. The van der Waals surface area contributed by atoms with Gasteiger partial charge in [0.25, 0.3) is 5.91 Å². The van der Waals surface area contributed by atoms with Gasteiger partial charge in [0, 0.05) is 6.04 Å². The average Bonchev–Trinajstić information content (AvgIpc) is 2.49. The molecule has 0 radical (unpaired) electrons. The van der Waals surface area contributed by atoms with E-state index in [1.807, 2.05) is 31.2 Å². The van der Waals surface area contributed by atoms with Gasteiger partial charge in [-0.05, 0) is 44.5 Å². The predicted molar refractivity (Wildman–Crippen MR) is 88.9 cm³/mol. The molecule has 2 rings (SSSR count). The fourth-order valence-corrected chi connectivity index (χ4v) is 2.46. The molecular formula is C16H25ClN2O3. The van der Waals surface area contributed by atoms with Crippen LogP contribution in [0.2, 0.25) is 0 Å². The molecule has 1 fully saturated rings. The zero-order chi connectivity index (χ0) is 15.1. The molecule has 22 heavy (non-hydrogen) atoms. The molecule has 6 heteroatoms. The topological polar surface area (TPSA) is 59.6 Å². The number of benzene rings is 1. The van der Waals surface area contributed by atoms with Crippen molar-refractivity contribution in [2.24, 2.45) is 5.92 Å². The van der Waals surface area contributed by atoms with Crippen LogP contribution in [0.25, 0.3) is 0 Å². The van der Waals surface area contributed by atoms with E-state index in [0.29, 0.717) is 24.0 Å². The second-order valence-electron chi connectivity index (χ2n) is 5.31. The van der Waals surface area contributed by atoms with E-state index >= 15 is 0 Å². The molecule has 1 aliphatic rings. The largest absolute Gasteiger partial charge is 0.490 e. The first-order chi connectivity index (χ1) is 10.2. The van der Waals surface area contributed by atoms with E-state index in [4.69, 9.17) is 9.47 Å². The van der Waals surface area contributed by atoms with Crippen molar-refractivity contribution < 1.29 is 14.3 Å². The van der Waals surface area contributed by atoms with Crippen LogP contribution < -0.4 is 20.1 Å². The van der Waals surface area contributed by atoms with Gasteiger partial charge in [-0.3, -0.25) is 4.79 Å². The van der Waals surface area contributed by atoms with E-state index in [1.165, 1.54) is 0 Å². The fourth-order valence-electron chi connectivity index (χ4n) is 2.46. The minimum Gasteiger partial charge on any atom is -0.490 e. The van der Waals surface area contributed by atoms with Crippen LogP contribution in [0.4, 0.5) is 0 Å². The molecule has 0 saturated carbocycles. The van der Waals surface area contributed by atoms with E-state index in [1.54, 1.807) is 0 Å². The van der Waals surface area contributed by atoms with Crippen molar-refractivity contribution in [1.29, 1.82) is 0 Å². The lowest BCUT2D eigenvalue weighted by Gasteiger charge is -2.30. The van der Waals surface area contributed by atoms with Gasteiger partial charge in [0.2, 0.25) is 0 Å². The van der Waals surface area contributed by atoms with E-state index in [-0.39, 0.29) is 31.0 Å². The Morgan fingerprint density at radius 2 is 2.00 bits per heavy atom. The van der Waals surface area contributed by atoms with Crippen molar-refractivity contribution in [3.05, 3.63) is 24.3 Å². The number of nitrogens with one attached hydrogen (secondary N) is 2. The highest BCUT2D eigenvalue weighted by molar-refractivity contribution is 5.85. The second kappa shape index (κ2) is 9.54. The number of carbonyl (C=O) groups is 1. The molecule has 1 aromatic rings. The third kappa shape index (κ3) is 5.39. The third-order valence-electron chi connectivity index (χ3n) is 3.64. The summed E-state index contributed by atoms with van der Waals surface area (Å²) in [5.41, 5.74) is 0. The molecule has 1 amide bonds.